The fourth-order valence-corrected chi connectivity index (χ4v) is 1.35. The molecule has 88 valence electrons. The monoisotopic (exact) mass is 227 g/mol. The molecule has 0 aliphatic rings. The molecule has 5 heteroatoms. The summed E-state index contributed by atoms with van der Waals surface area (Å²) in [4.78, 5) is 11.0. The van der Waals surface area contributed by atoms with E-state index in [1.165, 1.54) is 26.2 Å². The van der Waals surface area contributed by atoms with Crippen molar-refractivity contribution in [3.05, 3.63) is 29.1 Å². The molecule has 0 unspecified atom stereocenters. The van der Waals surface area contributed by atoms with Crippen LogP contribution in [-0.4, -0.2) is 18.2 Å². The van der Waals surface area contributed by atoms with Gasteiger partial charge in [0.05, 0.1) is 13.5 Å². The first-order valence-electron chi connectivity index (χ1n) is 4.77. The lowest BCUT2D eigenvalue weighted by atomic mass is 10.0. The minimum Gasteiger partial charge on any atom is -0.505 e. The number of aromatic hydroxyl groups is 1. The normalized spacial score (nSPS) is 12.2. The largest absolute Gasteiger partial charge is 0.505 e. The van der Waals surface area contributed by atoms with Crippen LogP contribution < -0.4 is 5.73 Å². The third-order valence-electron chi connectivity index (χ3n) is 2.35. The molecule has 1 aromatic rings. The Hall–Kier alpha value is -1.62. The molecule has 3 N–H and O–H groups in total. The minimum absolute atomic E-state index is 0.105. The van der Waals surface area contributed by atoms with Gasteiger partial charge in [0.1, 0.15) is 0 Å². The van der Waals surface area contributed by atoms with Crippen LogP contribution in [-0.2, 0) is 9.53 Å². The molecule has 0 saturated carbocycles. The van der Waals surface area contributed by atoms with Crippen molar-refractivity contribution in [1.82, 2.24) is 0 Å². The van der Waals surface area contributed by atoms with Gasteiger partial charge in [-0.1, -0.05) is 12.1 Å². The highest BCUT2D eigenvalue weighted by Gasteiger charge is 2.18. The van der Waals surface area contributed by atoms with E-state index in [1.54, 1.807) is 0 Å². The summed E-state index contributed by atoms with van der Waals surface area (Å²) >= 11 is 0. The highest BCUT2D eigenvalue weighted by atomic mass is 19.1. The number of rotatable bonds is 3. The molecule has 0 aliphatic carbocycles. The number of phenolic OH excluding ortho intramolecular Hbond substituents is 1. The van der Waals surface area contributed by atoms with Crippen molar-refractivity contribution in [2.75, 3.05) is 7.11 Å². The summed E-state index contributed by atoms with van der Waals surface area (Å²) < 4.78 is 17.8. The summed E-state index contributed by atoms with van der Waals surface area (Å²) in [7, 11) is 1.24. The molecule has 0 saturated heterocycles. The van der Waals surface area contributed by atoms with Crippen LogP contribution in [0, 0.1) is 12.7 Å². The predicted octanol–water partition coefficient (Wildman–Crippen LogP) is 1.40. The summed E-state index contributed by atoms with van der Waals surface area (Å²) in [6.07, 6.45) is -0.105. The topological polar surface area (TPSA) is 72.5 Å². The molecule has 0 amide bonds. The maximum absolute atomic E-state index is 13.3. The van der Waals surface area contributed by atoms with Crippen molar-refractivity contribution in [3.63, 3.8) is 0 Å². The molecule has 0 aliphatic heterocycles. The van der Waals surface area contributed by atoms with Crippen molar-refractivity contribution in [2.24, 2.45) is 5.73 Å². The first-order chi connectivity index (χ1) is 7.47. The molecule has 1 atom stereocenters. The van der Waals surface area contributed by atoms with Crippen LogP contribution in [0.3, 0.4) is 0 Å². The number of aryl methyl sites for hydroxylation is 1. The maximum Gasteiger partial charge on any atom is 0.307 e. The third kappa shape index (κ3) is 2.49. The second kappa shape index (κ2) is 4.94. The molecule has 0 fully saturated rings. The minimum atomic E-state index is -0.775. The zero-order chi connectivity index (χ0) is 12.3. The fourth-order valence-electron chi connectivity index (χ4n) is 1.35. The Morgan fingerprint density at radius 1 is 1.62 bits per heavy atom. The Labute approximate surface area is 92.8 Å². The van der Waals surface area contributed by atoms with Gasteiger partial charge < -0.3 is 15.6 Å². The highest BCUT2D eigenvalue weighted by molar-refractivity contribution is 5.70. The Balaban J connectivity index is 2.96. The van der Waals surface area contributed by atoms with Crippen LogP contribution >= 0.6 is 0 Å². The van der Waals surface area contributed by atoms with E-state index in [-0.39, 0.29) is 12.0 Å². The number of nitrogens with two attached hydrogens (primary N) is 1. The molecule has 16 heavy (non-hydrogen) atoms. The second-order valence-electron chi connectivity index (χ2n) is 3.52. The summed E-state index contributed by atoms with van der Waals surface area (Å²) in [5.74, 6) is -1.72. The molecular weight excluding hydrogens is 213 g/mol. The van der Waals surface area contributed by atoms with Crippen molar-refractivity contribution in [1.29, 1.82) is 0 Å². The molecule has 1 rings (SSSR count). The number of carbonyl (C=O) groups excluding carboxylic acids is 1. The predicted molar refractivity (Wildman–Crippen MR) is 56.4 cm³/mol. The number of methoxy groups -OCH3 is 1. The Kier molecular flexibility index (Phi) is 3.84. The van der Waals surface area contributed by atoms with Gasteiger partial charge in [-0.25, -0.2) is 4.39 Å². The smallest absolute Gasteiger partial charge is 0.307 e. The summed E-state index contributed by atoms with van der Waals surface area (Å²) in [6, 6.07) is 2.23. The first-order valence-corrected chi connectivity index (χ1v) is 4.77. The van der Waals surface area contributed by atoms with E-state index in [9.17, 15) is 14.3 Å². The second-order valence-corrected chi connectivity index (χ2v) is 3.52. The van der Waals surface area contributed by atoms with Crippen LogP contribution in [0.4, 0.5) is 4.39 Å². The van der Waals surface area contributed by atoms with E-state index in [2.05, 4.69) is 4.74 Å². The number of phenols is 1. The maximum atomic E-state index is 13.3. The number of hydrogen-bond acceptors (Lipinski definition) is 4. The molecule has 0 heterocycles. The average Bonchev–Trinajstić information content (AvgIpc) is 2.25. The fraction of sp³-hybridized carbons (Fsp3) is 0.364. The van der Waals surface area contributed by atoms with E-state index in [0.29, 0.717) is 5.56 Å². The number of ether oxygens (including phenoxy) is 1. The van der Waals surface area contributed by atoms with Gasteiger partial charge in [0.25, 0.3) is 0 Å². The lowest BCUT2D eigenvalue weighted by molar-refractivity contribution is -0.141. The lowest BCUT2D eigenvalue weighted by Gasteiger charge is -2.13. The van der Waals surface area contributed by atoms with Gasteiger partial charge in [0.2, 0.25) is 0 Å². The van der Waals surface area contributed by atoms with Crippen molar-refractivity contribution in [3.8, 4) is 5.75 Å². The van der Waals surface area contributed by atoms with Crippen molar-refractivity contribution < 1.29 is 19.0 Å². The summed E-state index contributed by atoms with van der Waals surface area (Å²) in [5.41, 5.74) is 6.19. The number of carbonyl (C=O) groups is 1. The first kappa shape index (κ1) is 12.4. The van der Waals surface area contributed by atoms with Gasteiger partial charge in [-0.15, -0.1) is 0 Å². The number of hydrogen-bond donors (Lipinski definition) is 2. The molecule has 0 bridgehead atoms. The molecular formula is C11H14FNO3. The van der Waals surface area contributed by atoms with E-state index in [1.807, 2.05) is 0 Å². The van der Waals surface area contributed by atoms with Crippen molar-refractivity contribution in [2.45, 2.75) is 19.4 Å². The van der Waals surface area contributed by atoms with E-state index in [0.717, 1.165) is 0 Å². The van der Waals surface area contributed by atoms with Gasteiger partial charge in [-0.3, -0.25) is 4.79 Å². The Morgan fingerprint density at radius 3 is 2.81 bits per heavy atom. The van der Waals surface area contributed by atoms with Gasteiger partial charge in [0, 0.05) is 11.6 Å². The highest BCUT2D eigenvalue weighted by Crippen LogP contribution is 2.29. The molecule has 0 spiro atoms. The quantitative estimate of drug-likeness (QED) is 0.765. The number of benzene rings is 1. The van der Waals surface area contributed by atoms with Crippen LogP contribution in [0.15, 0.2) is 12.1 Å². The molecule has 0 aromatic heterocycles. The zero-order valence-electron chi connectivity index (χ0n) is 9.16. The number of esters is 1. The molecule has 4 nitrogen and oxygen atoms in total. The third-order valence-corrected chi connectivity index (χ3v) is 2.35. The van der Waals surface area contributed by atoms with Crippen LogP contribution in [0.1, 0.15) is 23.6 Å². The van der Waals surface area contributed by atoms with Crippen LogP contribution in [0.5, 0.6) is 5.75 Å². The summed E-state index contributed by atoms with van der Waals surface area (Å²) in [5, 5.41) is 9.53. The van der Waals surface area contributed by atoms with E-state index < -0.39 is 23.6 Å². The van der Waals surface area contributed by atoms with Gasteiger partial charge in [0.15, 0.2) is 11.6 Å². The Bertz CT molecular complexity index is 406. The SMILES string of the molecule is COC(=O)C[C@@H](N)c1ccc(C)c(F)c1O. The van der Waals surface area contributed by atoms with Gasteiger partial charge in [-0.05, 0) is 12.5 Å². The molecule has 0 radical (unpaired) electrons. The molecule has 1 aromatic carbocycles. The Morgan fingerprint density at radius 2 is 2.25 bits per heavy atom. The van der Waals surface area contributed by atoms with Gasteiger partial charge in [-0.2, -0.15) is 0 Å². The zero-order valence-corrected chi connectivity index (χ0v) is 9.16. The average molecular weight is 227 g/mol. The van der Waals surface area contributed by atoms with Gasteiger partial charge >= 0.3 is 5.97 Å². The summed E-state index contributed by atoms with van der Waals surface area (Å²) in [6.45, 7) is 1.53. The number of halogens is 1. The van der Waals surface area contributed by atoms with Crippen molar-refractivity contribution >= 4 is 5.97 Å². The van der Waals surface area contributed by atoms with E-state index >= 15 is 0 Å². The van der Waals surface area contributed by atoms with Crippen LogP contribution in [0.25, 0.3) is 0 Å². The van der Waals surface area contributed by atoms with E-state index in [4.69, 9.17) is 5.73 Å². The van der Waals surface area contributed by atoms with Crippen LogP contribution in [0.2, 0.25) is 0 Å². The standard InChI is InChI=1S/C11H14FNO3/c1-6-3-4-7(11(15)10(6)12)8(13)5-9(14)16-2/h3-4,8,15H,5,13H2,1-2H3/t8-/m1/s1. The lowest BCUT2D eigenvalue weighted by Crippen LogP contribution is -2.16.